The van der Waals surface area contributed by atoms with Crippen LogP contribution in [0.25, 0.3) is 0 Å². The lowest BCUT2D eigenvalue weighted by molar-refractivity contribution is 0.0153. The Kier molecular flexibility index (Phi) is 6.31. The van der Waals surface area contributed by atoms with E-state index in [-0.39, 0.29) is 11.9 Å². The van der Waals surface area contributed by atoms with Crippen LogP contribution in [0, 0.1) is 5.82 Å². The van der Waals surface area contributed by atoms with E-state index in [0.717, 1.165) is 43.0 Å². The SMILES string of the molecule is CC(O)N1CCN(c2ccc(F)c(NC(c3ccccc3)c3ccccc3)c2)CC1. The molecule has 1 saturated heterocycles. The third-order valence-electron chi connectivity index (χ3n) is 5.72. The molecule has 0 spiro atoms. The number of hydrogen-bond acceptors (Lipinski definition) is 4. The summed E-state index contributed by atoms with van der Waals surface area (Å²) in [5, 5.41) is 13.2. The van der Waals surface area contributed by atoms with Crippen molar-refractivity contribution >= 4 is 11.4 Å². The quantitative estimate of drug-likeness (QED) is 0.634. The van der Waals surface area contributed by atoms with E-state index in [4.69, 9.17) is 0 Å². The zero-order valence-electron chi connectivity index (χ0n) is 17.2. The largest absolute Gasteiger partial charge is 0.379 e. The molecule has 3 aromatic rings. The Balaban J connectivity index is 1.59. The van der Waals surface area contributed by atoms with Crippen molar-refractivity contribution in [1.29, 1.82) is 0 Å². The second-order valence-corrected chi connectivity index (χ2v) is 7.72. The van der Waals surface area contributed by atoms with Gasteiger partial charge in [-0.25, -0.2) is 4.39 Å². The number of nitrogens with one attached hydrogen (secondary N) is 1. The van der Waals surface area contributed by atoms with Crippen molar-refractivity contribution in [3.63, 3.8) is 0 Å². The van der Waals surface area contributed by atoms with E-state index >= 15 is 0 Å². The lowest BCUT2D eigenvalue weighted by Gasteiger charge is -2.37. The second-order valence-electron chi connectivity index (χ2n) is 7.72. The van der Waals surface area contributed by atoms with Gasteiger partial charge in [-0.1, -0.05) is 60.7 Å². The van der Waals surface area contributed by atoms with Crippen LogP contribution >= 0.6 is 0 Å². The molecular weight excluding hydrogens is 377 g/mol. The van der Waals surface area contributed by atoms with Crippen molar-refractivity contribution in [2.75, 3.05) is 36.4 Å². The molecule has 0 radical (unpaired) electrons. The van der Waals surface area contributed by atoms with Crippen LogP contribution in [-0.2, 0) is 0 Å². The van der Waals surface area contributed by atoms with Crippen molar-refractivity contribution in [3.05, 3.63) is 95.8 Å². The van der Waals surface area contributed by atoms with Crippen molar-refractivity contribution in [2.24, 2.45) is 0 Å². The number of anilines is 2. The zero-order valence-corrected chi connectivity index (χ0v) is 17.2. The van der Waals surface area contributed by atoms with Gasteiger partial charge in [-0.05, 0) is 36.2 Å². The van der Waals surface area contributed by atoms with Gasteiger partial charge in [0.25, 0.3) is 0 Å². The fraction of sp³-hybridized carbons (Fsp3) is 0.280. The highest BCUT2D eigenvalue weighted by Crippen LogP contribution is 2.30. The smallest absolute Gasteiger partial charge is 0.146 e. The highest BCUT2D eigenvalue weighted by molar-refractivity contribution is 5.61. The average Bonchev–Trinajstić information content (AvgIpc) is 2.80. The van der Waals surface area contributed by atoms with Crippen LogP contribution in [0.5, 0.6) is 0 Å². The van der Waals surface area contributed by atoms with Gasteiger partial charge in [0.2, 0.25) is 0 Å². The summed E-state index contributed by atoms with van der Waals surface area (Å²) in [6.07, 6.45) is -0.435. The summed E-state index contributed by atoms with van der Waals surface area (Å²) in [5.41, 5.74) is 3.64. The lowest BCUT2D eigenvalue weighted by atomic mass is 9.98. The van der Waals surface area contributed by atoms with Crippen LogP contribution in [-0.4, -0.2) is 42.4 Å². The predicted octanol–water partition coefficient (Wildman–Crippen LogP) is 4.49. The van der Waals surface area contributed by atoms with E-state index in [0.29, 0.717) is 5.69 Å². The molecule has 156 valence electrons. The Morgan fingerprint density at radius 2 is 1.40 bits per heavy atom. The summed E-state index contributed by atoms with van der Waals surface area (Å²) < 4.78 is 14.8. The molecule has 1 aliphatic heterocycles. The Morgan fingerprint density at radius 3 is 1.93 bits per heavy atom. The third-order valence-corrected chi connectivity index (χ3v) is 5.72. The average molecular weight is 406 g/mol. The van der Waals surface area contributed by atoms with Crippen LogP contribution in [0.4, 0.5) is 15.8 Å². The van der Waals surface area contributed by atoms with Gasteiger partial charge in [-0.2, -0.15) is 0 Å². The molecule has 1 fully saturated rings. The minimum absolute atomic E-state index is 0.149. The monoisotopic (exact) mass is 405 g/mol. The summed E-state index contributed by atoms with van der Waals surface area (Å²) in [4.78, 5) is 4.28. The number of rotatable bonds is 6. The maximum atomic E-state index is 14.8. The molecule has 0 bridgehead atoms. The van der Waals surface area contributed by atoms with Crippen molar-refractivity contribution in [3.8, 4) is 0 Å². The van der Waals surface area contributed by atoms with E-state index in [9.17, 15) is 9.50 Å². The minimum atomic E-state index is -0.435. The van der Waals surface area contributed by atoms with Crippen LogP contribution in [0.3, 0.4) is 0 Å². The van der Waals surface area contributed by atoms with Crippen molar-refractivity contribution in [2.45, 2.75) is 19.2 Å². The first-order chi connectivity index (χ1) is 14.6. The maximum Gasteiger partial charge on any atom is 0.146 e. The molecule has 1 aliphatic rings. The molecule has 0 saturated carbocycles. The van der Waals surface area contributed by atoms with Gasteiger partial charge in [-0.15, -0.1) is 0 Å². The van der Waals surface area contributed by atoms with E-state index < -0.39 is 6.23 Å². The molecular formula is C25H28FN3O. The van der Waals surface area contributed by atoms with E-state index in [1.165, 1.54) is 6.07 Å². The molecule has 0 amide bonds. The Labute approximate surface area is 177 Å². The highest BCUT2D eigenvalue weighted by Gasteiger charge is 2.21. The summed E-state index contributed by atoms with van der Waals surface area (Å²) in [7, 11) is 0. The first-order valence-electron chi connectivity index (χ1n) is 10.4. The molecule has 1 unspecified atom stereocenters. The number of piperazine rings is 1. The van der Waals surface area contributed by atoms with Gasteiger partial charge in [0, 0.05) is 31.9 Å². The molecule has 4 rings (SSSR count). The van der Waals surface area contributed by atoms with Gasteiger partial charge in [0.05, 0.1) is 11.7 Å². The second kappa shape index (κ2) is 9.28. The molecule has 5 heteroatoms. The maximum absolute atomic E-state index is 14.8. The molecule has 4 nitrogen and oxygen atoms in total. The number of nitrogens with zero attached hydrogens (tertiary/aromatic N) is 2. The number of halogens is 1. The zero-order chi connectivity index (χ0) is 20.9. The molecule has 0 aromatic heterocycles. The predicted molar refractivity (Wildman–Crippen MR) is 120 cm³/mol. The molecule has 1 heterocycles. The van der Waals surface area contributed by atoms with Crippen molar-refractivity contribution < 1.29 is 9.50 Å². The standard InChI is InChI=1S/C25H28FN3O/c1-19(30)28-14-16-29(17-15-28)22-12-13-23(26)24(18-22)27-25(20-8-4-2-5-9-20)21-10-6-3-7-11-21/h2-13,18-19,25,27,30H,14-17H2,1H3. The molecule has 30 heavy (non-hydrogen) atoms. The van der Waals surface area contributed by atoms with Crippen LogP contribution in [0.15, 0.2) is 78.9 Å². The van der Waals surface area contributed by atoms with E-state index in [2.05, 4.69) is 34.5 Å². The van der Waals surface area contributed by atoms with E-state index in [1.807, 2.05) is 53.4 Å². The number of aliphatic hydroxyl groups is 1. The molecule has 2 N–H and O–H groups in total. The molecule has 1 atom stereocenters. The molecule has 3 aromatic carbocycles. The number of hydrogen-bond donors (Lipinski definition) is 2. The first kappa shape index (κ1) is 20.4. The summed E-state index contributed by atoms with van der Waals surface area (Å²) in [5.74, 6) is -0.266. The van der Waals surface area contributed by atoms with E-state index in [1.54, 1.807) is 6.92 Å². The first-order valence-corrected chi connectivity index (χ1v) is 10.4. The van der Waals surface area contributed by atoms with Gasteiger partial charge in [-0.3, -0.25) is 4.90 Å². The highest BCUT2D eigenvalue weighted by atomic mass is 19.1. The van der Waals surface area contributed by atoms with Crippen LogP contribution in [0.1, 0.15) is 24.1 Å². The van der Waals surface area contributed by atoms with Gasteiger partial charge in [0.1, 0.15) is 12.0 Å². The third kappa shape index (κ3) is 4.64. The fourth-order valence-electron chi connectivity index (χ4n) is 3.98. The fourth-order valence-corrected chi connectivity index (χ4v) is 3.98. The van der Waals surface area contributed by atoms with Gasteiger partial charge >= 0.3 is 0 Å². The molecule has 0 aliphatic carbocycles. The summed E-state index contributed by atoms with van der Waals surface area (Å²) >= 11 is 0. The normalized spacial score (nSPS) is 15.9. The summed E-state index contributed by atoms with van der Waals surface area (Å²) in [6, 6.07) is 25.3. The summed E-state index contributed by atoms with van der Waals surface area (Å²) in [6.45, 7) is 4.97. The Hall–Kier alpha value is -2.89. The van der Waals surface area contributed by atoms with Gasteiger partial charge in [0.15, 0.2) is 0 Å². The number of aliphatic hydroxyl groups excluding tert-OH is 1. The minimum Gasteiger partial charge on any atom is -0.379 e. The van der Waals surface area contributed by atoms with Crippen LogP contribution < -0.4 is 10.2 Å². The number of benzene rings is 3. The Morgan fingerprint density at radius 1 is 0.833 bits per heavy atom. The Bertz CT molecular complexity index is 902. The van der Waals surface area contributed by atoms with Gasteiger partial charge < -0.3 is 15.3 Å². The topological polar surface area (TPSA) is 38.7 Å². The van der Waals surface area contributed by atoms with Crippen molar-refractivity contribution in [1.82, 2.24) is 4.90 Å². The van der Waals surface area contributed by atoms with Crippen LogP contribution in [0.2, 0.25) is 0 Å². The lowest BCUT2D eigenvalue weighted by Crippen LogP contribution is -2.49.